The van der Waals surface area contributed by atoms with Crippen LogP contribution in [0.3, 0.4) is 0 Å². The van der Waals surface area contributed by atoms with Gasteiger partial charge in [0.05, 0.1) is 11.4 Å². The van der Waals surface area contributed by atoms with E-state index in [1.54, 1.807) is 0 Å². The van der Waals surface area contributed by atoms with E-state index in [0.29, 0.717) is 25.0 Å². The Balaban J connectivity index is 1.92. The predicted molar refractivity (Wildman–Crippen MR) is 79.0 cm³/mol. The van der Waals surface area contributed by atoms with E-state index in [2.05, 4.69) is 9.98 Å². The summed E-state index contributed by atoms with van der Waals surface area (Å²) in [6, 6.07) is 19.2. The molecule has 0 unspecified atom stereocenters. The van der Waals surface area contributed by atoms with Gasteiger partial charge in [0, 0.05) is 0 Å². The second-order valence-corrected chi connectivity index (χ2v) is 4.20. The third kappa shape index (κ3) is 3.03. The molecule has 0 bridgehead atoms. The lowest BCUT2D eigenvalue weighted by Gasteiger charge is -2.18. The zero-order valence-corrected chi connectivity index (χ0v) is 10.9. The molecule has 2 aromatic rings. The highest BCUT2D eigenvalue weighted by molar-refractivity contribution is 6.36. The maximum absolute atomic E-state index is 5.56. The van der Waals surface area contributed by atoms with Gasteiger partial charge in [-0.25, -0.2) is 9.98 Å². The SMILES string of the molecule is c1ccc(N=C2OCCOC2=Nc2ccccc2)cc1. The molecule has 0 saturated carbocycles. The smallest absolute Gasteiger partial charge is 0.278 e. The molecule has 0 radical (unpaired) electrons. The molecule has 1 saturated heterocycles. The summed E-state index contributed by atoms with van der Waals surface area (Å²) in [4.78, 5) is 8.87. The van der Waals surface area contributed by atoms with Gasteiger partial charge < -0.3 is 9.47 Å². The second-order valence-electron chi connectivity index (χ2n) is 4.20. The second kappa shape index (κ2) is 6.02. The van der Waals surface area contributed by atoms with Crippen molar-refractivity contribution in [2.75, 3.05) is 13.2 Å². The Morgan fingerprint density at radius 1 is 0.600 bits per heavy atom. The first kappa shape index (κ1) is 12.4. The summed E-state index contributed by atoms with van der Waals surface area (Å²) < 4.78 is 11.1. The van der Waals surface area contributed by atoms with Gasteiger partial charge in [-0.3, -0.25) is 0 Å². The van der Waals surface area contributed by atoms with Crippen molar-refractivity contribution in [1.82, 2.24) is 0 Å². The van der Waals surface area contributed by atoms with Gasteiger partial charge in [-0.15, -0.1) is 0 Å². The molecule has 0 spiro atoms. The highest BCUT2D eigenvalue weighted by Crippen LogP contribution is 2.16. The molecular formula is C16H14N2O2. The maximum atomic E-state index is 5.56. The average molecular weight is 266 g/mol. The first-order valence-electron chi connectivity index (χ1n) is 6.45. The van der Waals surface area contributed by atoms with E-state index < -0.39 is 0 Å². The Hall–Kier alpha value is -2.62. The lowest BCUT2D eigenvalue weighted by Crippen LogP contribution is -2.29. The van der Waals surface area contributed by atoms with Gasteiger partial charge in [0.15, 0.2) is 0 Å². The topological polar surface area (TPSA) is 43.2 Å². The quantitative estimate of drug-likeness (QED) is 0.835. The summed E-state index contributed by atoms with van der Waals surface area (Å²) in [6.07, 6.45) is 0. The number of nitrogens with zero attached hydrogens (tertiary/aromatic N) is 2. The van der Waals surface area contributed by atoms with Crippen LogP contribution < -0.4 is 0 Å². The normalized spacial score (nSPS) is 18.6. The van der Waals surface area contributed by atoms with Crippen LogP contribution in [0, 0.1) is 0 Å². The number of hydrogen-bond acceptors (Lipinski definition) is 4. The summed E-state index contributed by atoms with van der Waals surface area (Å²) in [5.41, 5.74) is 1.63. The lowest BCUT2D eigenvalue weighted by molar-refractivity contribution is 0.173. The van der Waals surface area contributed by atoms with Crippen molar-refractivity contribution in [2.24, 2.45) is 9.98 Å². The molecule has 1 aliphatic heterocycles. The van der Waals surface area contributed by atoms with E-state index in [1.807, 2.05) is 60.7 Å². The van der Waals surface area contributed by atoms with Gasteiger partial charge in [0.2, 0.25) is 0 Å². The summed E-state index contributed by atoms with van der Waals surface area (Å²) in [7, 11) is 0. The van der Waals surface area contributed by atoms with Crippen LogP contribution in [0.2, 0.25) is 0 Å². The summed E-state index contributed by atoms with van der Waals surface area (Å²) in [6.45, 7) is 0.971. The number of hydrogen-bond donors (Lipinski definition) is 0. The van der Waals surface area contributed by atoms with Gasteiger partial charge in [0.25, 0.3) is 11.8 Å². The minimum absolute atomic E-state index is 0.423. The standard InChI is InChI=1S/C16H14N2O2/c1-3-7-13(8-4-1)17-15-16(20-12-11-19-15)18-14-9-5-2-6-10-14/h1-10H,11-12H2. The Kier molecular flexibility index (Phi) is 3.73. The first-order valence-corrected chi connectivity index (χ1v) is 6.45. The number of benzene rings is 2. The van der Waals surface area contributed by atoms with Gasteiger partial charge in [-0.2, -0.15) is 0 Å². The predicted octanol–water partition coefficient (Wildman–Crippen LogP) is 3.49. The van der Waals surface area contributed by atoms with Gasteiger partial charge >= 0.3 is 0 Å². The number of rotatable bonds is 2. The largest absolute Gasteiger partial charge is 0.470 e. The molecule has 0 atom stereocenters. The third-order valence-corrected chi connectivity index (χ3v) is 2.72. The molecule has 100 valence electrons. The molecule has 1 heterocycles. The van der Waals surface area contributed by atoms with Gasteiger partial charge in [0.1, 0.15) is 13.2 Å². The molecule has 2 aromatic carbocycles. The monoisotopic (exact) mass is 266 g/mol. The molecule has 1 aliphatic rings. The van der Waals surface area contributed by atoms with Crippen molar-refractivity contribution >= 4 is 23.2 Å². The van der Waals surface area contributed by atoms with Crippen LogP contribution in [-0.4, -0.2) is 25.0 Å². The maximum Gasteiger partial charge on any atom is 0.278 e. The van der Waals surface area contributed by atoms with Crippen molar-refractivity contribution in [3.8, 4) is 0 Å². The number of aliphatic imine (C=N–C) groups is 2. The van der Waals surface area contributed by atoms with Crippen molar-refractivity contribution in [2.45, 2.75) is 0 Å². The fourth-order valence-corrected chi connectivity index (χ4v) is 1.80. The lowest BCUT2D eigenvalue weighted by atomic mass is 10.3. The Morgan fingerprint density at radius 2 is 1.00 bits per heavy atom. The van der Waals surface area contributed by atoms with E-state index in [9.17, 15) is 0 Å². The number of para-hydroxylation sites is 2. The molecule has 3 rings (SSSR count). The fourth-order valence-electron chi connectivity index (χ4n) is 1.80. The Morgan fingerprint density at radius 3 is 1.40 bits per heavy atom. The molecule has 20 heavy (non-hydrogen) atoms. The van der Waals surface area contributed by atoms with Crippen LogP contribution in [0.4, 0.5) is 11.4 Å². The molecule has 0 aromatic heterocycles. The number of ether oxygens (including phenoxy) is 2. The summed E-state index contributed by atoms with van der Waals surface area (Å²) in [5, 5.41) is 0. The Bertz CT molecular complexity index is 564. The third-order valence-electron chi connectivity index (χ3n) is 2.72. The molecule has 4 heteroatoms. The molecule has 0 N–H and O–H groups in total. The highest BCUT2D eigenvalue weighted by Gasteiger charge is 2.18. The zero-order valence-electron chi connectivity index (χ0n) is 10.9. The molecule has 1 fully saturated rings. The first-order chi connectivity index (χ1) is 9.92. The average Bonchev–Trinajstić information content (AvgIpc) is 2.51. The van der Waals surface area contributed by atoms with E-state index in [1.165, 1.54) is 0 Å². The van der Waals surface area contributed by atoms with Crippen LogP contribution in [-0.2, 0) is 9.47 Å². The van der Waals surface area contributed by atoms with Crippen molar-refractivity contribution in [3.63, 3.8) is 0 Å². The van der Waals surface area contributed by atoms with Crippen molar-refractivity contribution in [3.05, 3.63) is 60.7 Å². The van der Waals surface area contributed by atoms with Crippen LogP contribution in [0.15, 0.2) is 70.6 Å². The summed E-state index contributed by atoms with van der Waals surface area (Å²) in [5.74, 6) is 0.845. The zero-order chi connectivity index (χ0) is 13.6. The van der Waals surface area contributed by atoms with E-state index in [0.717, 1.165) is 11.4 Å². The van der Waals surface area contributed by atoms with E-state index in [4.69, 9.17) is 9.47 Å². The van der Waals surface area contributed by atoms with Gasteiger partial charge in [-0.1, -0.05) is 36.4 Å². The van der Waals surface area contributed by atoms with Crippen LogP contribution >= 0.6 is 0 Å². The molecule has 4 nitrogen and oxygen atoms in total. The molecule has 0 amide bonds. The minimum atomic E-state index is 0.423. The van der Waals surface area contributed by atoms with Crippen molar-refractivity contribution < 1.29 is 9.47 Å². The Labute approximate surface area is 117 Å². The highest BCUT2D eigenvalue weighted by atomic mass is 16.6. The fraction of sp³-hybridized carbons (Fsp3) is 0.125. The summed E-state index contributed by atoms with van der Waals surface area (Å²) >= 11 is 0. The van der Waals surface area contributed by atoms with E-state index >= 15 is 0 Å². The minimum Gasteiger partial charge on any atom is -0.470 e. The van der Waals surface area contributed by atoms with E-state index in [-0.39, 0.29) is 0 Å². The molecular weight excluding hydrogens is 252 g/mol. The molecule has 0 aliphatic carbocycles. The van der Waals surface area contributed by atoms with Crippen LogP contribution in [0.1, 0.15) is 0 Å². The van der Waals surface area contributed by atoms with Crippen LogP contribution in [0.25, 0.3) is 0 Å². The van der Waals surface area contributed by atoms with Crippen LogP contribution in [0.5, 0.6) is 0 Å². The van der Waals surface area contributed by atoms with Gasteiger partial charge in [-0.05, 0) is 24.3 Å². The van der Waals surface area contributed by atoms with Crippen molar-refractivity contribution in [1.29, 1.82) is 0 Å².